The average molecular weight is 509 g/mol. The summed E-state index contributed by atoms with van der Waals surface area (Å²) in [5.74, 6) is -0.0800. The molecule has 0 bridgehead atoms. The summed E-state index contributed by atoms with van der Waals surface area (Å²) in [6, 6.07) is 28.2. The van der Waals surface area contributed by atoms with Gasteiger partial charge in [-0.15, -0.1) is 0 Å². The summed E-state index contributed by atoms with van der Waals surface area (Å²) in [6.07, 6.45) is 1.72. The van der Waals surface area contributed by atoms with Gasteiger partial charge in [0.25, 0.3) is 5.91 Å². The number of hydrogen-bond acceptors (Lipinski definition) is 5. The number of nitrogens with zero attached hydrogens (tertiary/aromatic N) is 2. The molecule has 1 amide bonds. The molecule has 0 radical (unpaired) electrons. The van der Waals surface area contributed by atoms with Gasteiger partial charge in [0.05, 0.1) is 23.6 Å². The van der Waals surface area contributed by atoms with Crippen molar-refractivity contribution in [1.82, 2.24) is 4.90 Å². The van der Waals surface area contributed by atoms with Gasteiger partial charge in [-0.3, -0.25) is 14.7 Å². The number of furan rings is 1. The van der Waals surface area contributed by atoms with Crippen LogP contribution in [0.4, 0.5) is 0 Å². The van der Waals surface area contributed by atoms with Crippen molar-refractivity contribution in [2.75, 3.05) is 0 Å². The van der Waals surface area contributed by atoms with Gasteiger partial charge in [0.2, 0.25) is 0 Å². The monoisotopic (exact) mass is 508 g/mol. The van der Waals surface area contributed by atoms with Gasteiger partial charge >= 0.3 is 5.97 Å². The predicted molar refractivity (Wildman–Crippen MR) is 146 cm³/mol. The van der Waals surface area contributed by atoms with Gasteiger partial charge in [-0.25, -0.2) is 4.79 Å². The zero-order valence-corrected chi connectivity index (χ0v) is 20.9. The van der Waals surface area contributed by atoms with Crippen LogP contribution in [-0.4, -0.2) is 27.1 Å². The summed E-state index contributed by atoms with van der Waals surface area (Å²) in [6.45, 7) is 2.79. The van der Waals surface area contributed by atoms with Crippen molar-refractivity contribution >= 4 is 34.9 Å². The summed E-state index contributed by atoms with van der Waals surface area (Å²) >= 11 is 1.32. The number of thioether (sulfide) groups is 1. The number of benzene rings is 3. The van der Waals surface area contributed by atoms with Gasteiger partial charge in [0.1, 0.15) is 11.5 Å². The second-order valence-corrected chi connectivity index (χ2v) is 9.62. The molecule has 1 aromatic heterocycles. The van der Waals surface area contributed by atoms with Crippen LogP contribution < -0.4 is 0 Å². The number of amides is 1. The van der Waals surface area contributed by atoms with Crippen LogP contribution in [0.15, 0.2) is 105 Å². The Labute approximate surface area is 219 Å². The quantitative estimate of drug-likeness (QED) is 0.284. The molecule has 5 rings (SSSR count). The molecule has 2 heterocycles. The first-order valence-corrected chi connectivity index (χ1v) is 12.6. The van der Waals surface area contributed by atoms with Crippen LogP contribution in [0, 0.1) is 6.92 Å². The summed E-state index contributed by atoms with van der Waals surface area (Å²) < 4.78 is 6.02. The maximum absolute atomic E-state index is 13.4. The molecule has 6 nitrogen and oxygen atoms in total. The summed E-state index contributed by atoms with van der Waals surface area (Å²) in [4.78, 5) is 31.8. The van der Waals surface area contributed by atoms with Crippen molar-refractivity contribution in [3.63, 3.8) is 0 Å². The molecule has 3 aromatic carbocycles. The Balaban J connectivity index is 1.44. The van der Waals surface area contributed by atoms with Gasteiger partial charge in [-0.05, 0) is 59.6 Å². The summed E-state index contributed by atoms with van der Waals surface area (Å²) in [5, 5.41) is 9.99. The highest BCUT2D eigenvalue weighted by Gasteiger charge is 2.33. The van der Waals surface area contributed by atoms with E-state index in [0.717, 1.165) is 16.7 Å². The smallest absolute Gasteiger partial charge is 0.335 e. The standard InChI is InChI=1S/C30H24N2O4S/c1-20-12-13-23(29(34)35)16-25(20)26-15-14-24(36-26)17-27-28(33)32(19-22-10-6-3-7-11-22)30(37-27)31-18-21-8-4-2-5-9-21/h2-17H,18-19H2,1H3,(H,34,35)/b27-17-,31-30?. The molecule has 0 unspecified atom stereocenters. The largest absolute Gasteiger partial charge is 0.478 e. The van der Waals surface area contributed by atoms with Crippen LogP contribution in [0.2, 0.25) is 0 Å². The molecule has 4 aromatic rings. The van der Waals surface area contributed by atoms with Gasteiger partial charge in [0, 0.05) is 11.6 Å². The van der Waals surface area contributed by atoms with Crippen molar-refractivity contribution < 1.29 is 19.1 Å². The Kier molecular flexibility index (Phi) is 7.05. The van der Waals surface area contributed by atoms with E-state index in [1.165, 1.54) is 11.8 Å². The predicted octanol–water partition coefficient (Wildman–Crippen LogP) is 6.63. The van der Waals surface area contributed by atoms with E-state index in [1.807, 2.05) is 67.6 Å². The summed E-state index contributed by atoms with van der Waals surface area (Å²) in [7, 11) is 0. The molecule has 1 N–H and O–H groups in total. The second kappa shape index (κ2) is 10.7. The first kappa shape index (κ1) is 24.3. The third-order valence-electron chi connectivity index (χ3n) is 5.96. The molecule has 0 saturated carbocycles. The Bertz CT molecular complexity index is 1510. The Morgan fingerprint density at radius 3 is 2.38 bits per heavy atom. The zero-order chi connectivity index (χ0) is 25.8. The molecule has 1 fully saturated rings. The number of amidine groups is 1. The zero-order valence-electron chi connectivity index (χ0n) is 20.1. The minimum atomic E-state index is -0.996. The molecule has 1 aliphatic rings. The Hall–Kier alpha value is -4.36. The Morgan fingerprint density at radius 2 is 1.68 bits per heavy atom. The van der Waals surface area contributed by atoms with Crippen molar-refractivity contribution in [1.29, 1.82) is 0 Å². The third-order valence-corrected chi connectivity index (χ3v) is 7.01. The minimum Gasteiger partial charge on any atom is -0.478 e. The van der Waals surface area contributed by atoms with Crippen molar-refractivity contribution in [2.24, 2.45) is 4.99 Å². The highest BCUT2D eigenvalue weighted by molar-refractivity contribution is 8.18. The lowest BCUT2D eigenvalue weighted by Crippen LogP contribution is -2.28. The Morgan fingerprint density at radius 1 is 0.973 bits per heavy atom. The molecule has 1 aliphatic heterocycles. The number of aliphatic imine (C=N–C) groups is 1. The molecule has 184 valence electrons. The van der Waals surface area contributed by atoms with Crippen molar-refractivity contribution in [2.45, 2.75) is 20.0 Å². The van der Waals surface area contributed by atoms with Gasteiger partial charge in [-0.1, -0.05) is 66.7 Å². The fourth-order valence-electron chi connectivity index (χ4n) is 4.00. The fraction of sp³-hybridized carbons (Fsp3) is 0.100. The molecule has 37 heavy (non-hydrogen) atoms. The molecule has 0 atom stereocenters. The lowest BCUT2D eigenvalue weighted by atomic mass is 10.0. The number of aromatic carboxylic acids is 1. The van der Waals surface area contributed by atoms with Crippen molar-refractivity contribution in [3.05, 3.63) is 124 Å². The molecule has 1 saturated heterocycles. The lowest BCUT2D eigenvalue weighted by Gasteiger charge is -2.15. The van der Waals surface area contributed by atoms with E-state index in [4.69, 9.17) is 9.41 Å². The van der Waals surface area contributed by atoms with Gasteiger partial charge in [0.15, 0.2) is 5.17 Å². The van der Waals surface area contributed by atoms with E-state index in [-0.39, 0.29) is 11.5 Å². The first-order chi connectivity index (χ1) is 18.0. The normalized spacial score (nSPS) is 15.6. The van der Waals surface area contributed by atoms with Crippen LogP contribution in [0.5, 0.6) is 0 Å². The highest BCUT2D eigenvalue weighted by atomic mass is 32.2. The summed E-state index contributed by atoms with van der Waals surface area (Å²) in [5.41, 5.74) is 3.86. The van der Waals surface area contributed by atoms with E-state index in [0.29, 0.717) is 40.2 Å². The van der Waals surface area contributed by atoms with E-state index < -0.39 is 5.97 Å². The number of hydrogen-bond donors (Lipinski definition) is 1. The second-order valence-electron chi connectivity index (χ2n) is 8.61. The number of aryl methyl sites for hydroxylation is 1. The maximum atomic E-state index is 13.4. The van der Waals surface area contributed by atoms with E-state index >= 15 is 0 Å². The number of rotatable bonds is 7. The van der Waals surface area contributed by atoms with E-state index in [2.05, 4.69) is 0 Å². The minimum absolute atomic E-state index is 0.136. The fourth-order valence-corrected chi connectivity index (χ4v) is 4.95. The van der Waals surface area contributed by atoms with E-state index in [9.17, 15) is 14.7 Å². The van der Waals surface area contributed by atoms with Gasteiger partial charge in [-0.2, -0.15) is 0 Å². The number of carbonyl (C=O) groups excluding carboxylic acids is 1. The number of carbonyl (C=O) groups is 2. The van der Waals surface area contributed by atoms with Crippen LogP contribution in [-0.2, 0) is 17.9 Å². The molecular formula is C30H24N2O4S. The van der Waals surface area contributed by atoms with Crippen LogP contribution in [0.3, 0.4) is 0 Å². The van der Waals surface area contributed by atoms with E-state index in [1.54, 1.807) is 41.3 Å². The van der Waals surface area contributed by atoms with Crippen LogP contribution >= 0.6 is 11.8 Å². The lowest BCUT2D eigenvalue weighted by molar-refractivity contribution is -0.122. The molecule has 0 spiro atoms. The maximum Gasteiger partial charge on any atom is 0.335 e. The SMILES string of the molecule is Cc1ccc(C(=O)O)cc1-c1ccc(/C=C2\SC(=NCc3ccccc3)N(Cc3ccccc3)C2=O)o1. The topological polar surface area (TPSA) is 83.1 Å². The van der Waals surface area contributed by atoms with Crippen LogP contribution in [0.1, 0.15) is 32.8 Å². The molecular weight excluding hydrogens is 484 g/mol. The highest BCUT2D eigenvalue weighted by Crippen LogP contribution is 2.35. The first-order valence-electron chi connectivity index (χ1n) is 11.8. The van der Waals surface area contributed by atoms with Crippen molar-refractivity contribution in [3.8, 4) is 11.3 Å². The average Bonchev–Trinajstić information content (AvgIpc) is 3.49. The third kappa shape index (κ3) is 5.57. The number of carboxylic acids is 1. The van der Waals surface area contributed by atoms with Crippen LogP contribution in [0.25, 0.3) is 17.4 Å². The number of carboxylic acid groups (broad SMARTS) is 1. The molecule has 0 aliphatic carbocycles. The molecule has 7 heteroatoms. The van der Waals surface area contributed by atoms with Gasteiger partial charge < -0.3 is 9.52 Å².